The van der Waals surface area contributed by atoms with E-state index in [1.807, 2.05) is 6.92 Å². The van der Waals surface area contributed by atoms with Crippen LogP contribution >= 0.6 is 0 Å². The fourth-order valence-corrected chi connectivity index (χ4v) is 2.46. The third kappa shape index (κ3) is 4.28. The number of hydrogen-bond donors (Lipinski definition) is 1. The van der Waals surface area contributed by atoms with Crippen molar-refractivity contribution in [1.29, 1.82) is 0 Å². The third-order valence-electron chi connectivity index (χ3n) is 3.54. The molecule has 1 aromatic carbocycles. The maximum atomic E-state index is 12.4. The number of nitrogens with zero attached hydrogens (tertiary/aromatic N) is 1. The topological polar surface area (TPSA) is 58.6 Å². The number of ether oxygens (including phenoxy) is 1. The highest BCUT2D eigenvalue weighted by Gasteiger charge is 2.30. The largest absolute Gasteiger partial charge is 0.434 e. The molecule has 2 amide bonds. The van der Waals surface area contributed by atoms with Crippen molar-refractivity contribution in [2.75, 3.05) is 13.1 Å². The van der Waals surface area contributed by atoms with Gasteiger partial charge in [-0.05, 0) is 18.6 Å². The number of carbonyl (C=O) groups is 2. The molecule has 2 rings (SSSR count). The predicted octanol–water partition coefficient (Wildman–Crippen LogP) is 2.04. The normalized spacial score (nSPS) is 18.3. The molecule has 5 nitrogen and oxygen atoms in total. The molecule has 1 saturated heterocycles. The molecule has 1 aliphatic rings. The summed E-state index contributed by atoms with van der Waals surface area (Å²) in [5, 5.41) is 2.71. The zero-order chi connectivity index (χ0) is 16.8. The molecule has 1 unspecified atom stereocenters. The predicted molar refractivity (Wildman–Crippen MR) is 80.9 cm³/mol. The number of rotatable bonds is 5. The second kappa shape index (κ2) is 7.71. The first-order chi connectivity index (χ1) is 11.0. The van der Waals surface area contributed by atoms with Crippen LogP contribution in [0.3, 0.4) is 0 Å². The Kier molecular flexibility index (Phi) is 5.67. The number of benzene rings is 1. The maximum Gasteiger partial charge on any atom is 0.387 e. The van der Waals surface area contributed by atoms with E-state index in [4.69, 9.17) is 0 Å². The van der Waals surface area contributed by atoms with E-state index in [1.165, 1.54) is 23.1 Å². The Balaban J connectivity index is 2.13. The van der Waals surface area contributed by atoms with E-state index in [0.29, 0.717) is 25.1 Å². The van der Waals surface area contributed by atoms with Gasteiger partial charge in [-0.25, -0.2) is 0 Å². The number of hydrogen-bond acceptors (Lipinski definition) is 3. The Hall–Kier alpha value is -2.44. The Bertz CT molecular complexity index is 605. The van der Waals surface area contributed by atoms with E-state index in [1.54, 1.807) is 18.2 Å². The van der Waals surface area contributed by atoms with Crippen molar-refractivity contribution in [2.24, 2.45) is 0 Å². The van der Waals surface area contributed by atoms with Crippen LogP contribution in [0.25, 0.3) is 6.08 Å². The smallest absolute Gasteiger partial charge is 0.387 e. The van der Waals surface area contributed by atoms with Crippen LogP contribution in [-0.4, -0.2) is 42.5 Å². The third-order valence-corrected chi connectivity index (χ3v) is 3.54. The molecule has 1 aliphatic heterocycles. The van der Waals surface area contributed by atoms with E-state index in [0.717, 1.165) is 0 Å². The number of alkyl halides is 2. The molecule has 1 fully saturated rings. The summed E-state index contributed by atoms with van der Waals surface area (Å²) in [6.07, 6.45) is 3.20. The van der Waals surface area contributed by atoms with Crippen LogP contribution in [-0.2, 0) is 9.59 Å². The highest BCUT2D eigenvalue weighted by atomic mass is 19.3. The molecule has 0 aliphatic carbocycles. The molecule has 124 valence electrons. The summed E-state index contributed by atoms with van der Waals surface area (Å²) in [6.45, 7) is -0.288. The minimum absolute atomic E-state index is 0.00465. The zero-order valence-corrected chi connectivity index (χ0v) is 12.7. The number of halogens is 2. The monoisotopic (exact) mass is 324 g/mol. The number of nitrogens with one attached hydrogen (secondary N) is 1. The van der Waals surface area contributed by atoms with E-state index in [-0.39, 0.29) is 17.6 Å². The summed E-state index contributed by atoms with van der Waals surface area (Å²) in [4.78, 5) is 25.5. The van der Waals surface area contributed by atoms with Crippen molar-refractivity contribution in [1.82, 2.24) is 10.2 Å². The SMILES string of the molecule is CCC1C(=O)NCCN1C(=O)/C=C/c1ccccc1OC(F)F. The molecule has 7 heteroatoms. The van der Waals surface area contributed by atoms with Crippen LogP contribution < -0.4 is 10.1 Å². The number of carbonyl (C=O) groups excluding carboxylic acids is 2. The van der Waals surface area contributed by atoms with Gasteiger partial charge >= 0.3 is 6.61 Å². The number of piperazine rings is 1. The van der Waals surface area contributed by atoms with Crippen LogP contribution in [0.4, 0.5) is 8.78 Å². The van der Waals surface area contributed by atoms with Crippen LogP contribution in [0.5, 0.6) is 5.75 Å². The molecule has 0 bridgehead atoms. The van der Waals surface area contributed by atoms with Crippen molar-refractivity contribution in [3.05, 3.63) is 35.9 Å². The molecule has 23 heavy (non-hydrogen) atoms. The summed E-state index contributed by atoms with van der Waals surface area (Å²) < 4.78 is 29.1. The summed E-state index contributed by atoms with van der Waals surface area (Å²) in [7, 11) is 0. The Morgan fingerprint density at radius 2 is 2.22 bits per heavy atom. The highest BCUT2D eigenvalue weighted by Crippen LogP contribution is 2.21. The molecule has 1 aromatic rings. The lowest BCUT2D eigenvalue weighted by Crippen LogP contribution is -2.56. The van der Waals surface area contributed by atoms with Gasteiger partial charge in [0.1, 0.15) is 11.8 Å². The van der Waals surface area contributed by atoms with Gasteiger partial charge in [0.15, 0.2) is 0 Å². The molecule has 0 saturated carbocycles. The van der Waals surface area contributed by atoms with E-state index < -0.39 is 12.7 Å². The minimum atomic E-state index is -2.93. The van der Waals surface area contributed by atoms with Gasteiger partial charge in [-0.3, -0.25) is 9.59 Å². The van der Waals surface area contributed by atoms with Crippen molar-refractivity contribution < 1.29 is 23.1 Å². The highest BCUT2D eigenvalue weighted by molar-refractivity contribution is 5.96. The first kappa shape index (κ1) is 16.9. The van der Waals surface area contributed by atoms with Crippen molar-refractivity contribution in [2.45, 2.75) is 26.0 Å². The maximum absolute atomic E-state index is 12.4. The Labute approximate surface area is 132 Å². The average Bonchev–Trinajstić information content (AvgIpc) is 2.53. The quantitative estimate of drug-likeness (QED) is 0.843. The van der Waals surface area contributed by atoms with Crippen LogP contribution in [0.2, 0.25) is 0 Å². The van der Waals surface area contributed by atoms with Crippen LogP contribution in [0.1, 0.15) is 18.9 Å². The fraction of sp³-hybridized carbons (Fsp3) is 0.375. The van der Waals surface area contributed by atoms with E-state index in [9.17, 15) is 18.4 Å². The molecular formula is C16H18F2N2O3. The fourth-order valence-electron chi connectivity index (χ4n) is 2.46. The van der Waals surface area contributed by atoms with Gasteiger partial charge in [-0.1, -0.05) is 25.1 Å². The number of para-hydroxylation sites is 1. The summed E-state index contributed by atoms with van der Waals surface area (Å²) in [6, 6.07) is 5.69. The van der Waals surface area contributed by atoms with Gasteiger partial charge in [-0.15, -0.1) is 0 Å². The molecule has 1 N–H and O–H groups in total. The van der Waals surface area contributed by atoms with Gasteiger partial charge in [0, 0.05) is 24.7 Å². The van der Waals surface area contributed by atoms with Gasteiger partial charge in [0.05, 0.1) is 0 Å². The molecular weight excluding hydrogens is 306 g/mol. The van der Waals surface area contributed by atoms with Gasteiger partial charge in [-0.2, -0.15) is 8.78 Å². The van der Waals surface area contributed by atoms with Gasteiger partial charge < -0.3 is 15.0 Å². The lowest BCUT2D eigenvalue weighted by molar-refractivity contribution is -0.140. The second-order valence-corrected chi connectivity index (χ2v) is 5.00. The van der Waals surface area contributed by atoms with Gasteiger partial charge in [0.2, 0.25) is 11.8 Å². The zero-order valence-electron chi connectivity index (χ0n) is 12.7. The molecule has 1 heterocycles. The number of amides is 2. The molecule has 0 spiro atoms. The van der Waals surface area contributed by atoms with Gasteiger partial charge in [0.25, 0.3) is 0 Å². The lowest BCUT2D eigenvalue weighted by Gasteiger charge is -2.33. The first-order valence-corrected chi connectivity index (χ1v) is 7.33. The van der Waals surface area contributed by atoms with Crippen molar-refractivity contribution >= 4 is 17.9 Å². The summed E-state index contributed by atoms with van der Waals surface area (Å²) in [5.74, 6) is -0.518. The standard InChI is InChI=1S/C16H18F2N2O3/c1-2-12-15(22)19-9-10-20(12)14(21)8-7-11-5-3-4-6-13(11)23-16(17)18/h3-8,12,16H,2,9-10H2,1H3,(H,19,22)/b8-7+. The molecule has 0 aromatic heterocycles. The average molecular weight is 324 g/mol. The Morgan fingerprint density at radius 3 is 2.91 bits per heavy atom. The Morgan fingerprint density at radius 1 is 1.48 bits per heavy atom. The first-order valence-electron chi connectivity index (χ1n) is 7.33. The van der Waals surface area contributed by atoms with Crippen molar-refractivity contribution in [3.63, 3.8) is 0 Å². The van der Waals surface area contributed by atoms with E-state index in [2.05, 4.69) is 10.1 Å². The summed E-state index contributed by atoms with van der Waals surface area (Å²) >= 11 is 0. The lowest BCUT2D eigenvalue weighted by atomic mass is 10.1. The molecule has 0 radical (unpaired) electrons. The minimum Gasteiger partial charge on any atom is -0.434 e. The van der Waals surface area contributed by atoms with Crippen molar-refractivity contribution in [3.8, 4) is 5.75 Å². The van der Waals surface area contributed by atoms with Crippen LogP contribution in [0, 0.1) is 0 Å². The van der Waals surface area contributed by atoms with Crippen LogP contribution in [0.15, 0.2) is 30.3 Å². The molecule has 1 atom stereocenters. The second-order valence-electron chi connectivity index (χ2n) is 5.00. The van der Waals surface area contributed by atoms with E-state index >= 15 is 0 Å². The summed E-state index contributed by atoms with van der Waals surface area (Å²) in [5.41, 5.74) is 0.371.